The summed E-state index contributed by atoms with van der Waals surface area (Å²) in [6.07, 6.45) is 9.00. The number of para-hydroxylation sites is 1. The van der Waals surface area contributed by atoms with E-state index >= 15 is 0 Å². The molecule has 230 valence electrons. The first kappa shape index (κ1) is 32.1. The lowest BCUT2D eigenvalue weighted by Gasteiger charge is -2.15. The molecule has 3 aromatic carbocycles. The van der Waals surface area contributed by atoms with Crippen molar-refractivity contribution in [2.45, 2.75) is 59.9 Å². The molecule has 1 aromatic heterocycles. The Balaban J connectivity index is 1.43. The van der Waals surface area contributed by atoms with Crippen LogP contribution in [-0.4, -0.2) is 39.9 Å². The van der Waals surface area contributed by atoms with Crippen LogP contribution >= 0.6 is 0 Å². The fourth-order valence-electron chi connectivity index (χ4n) is 5.71. The number of hydrogen-bond acceptors (Lipinski definition) is 4. The van der Waals surface area contributed by atoms with Gasteiger partial charge in [-0.2, -0.15) is 0 Å². The van der Waals surface area contributed by atoms with Gasteiger partial charge in [0, 0.05) is 17.5 Å². The lowest BCUT2D eigenvalue weighted by molar-refractivity contribution is -0.140. The molecule has 0 aliphatic rings. The third-order valence-corrected chi connectivity index (χ3v) is 7.77. The highest BCUT2D eigenvalue weighted by Crippen LogP contribution is 2.34. The van der Waals surface area contributed by atoms with Crippen molar-refractivity contribution in [3.63, 3.8) is 0 Å². The summed E-state index contributed by atoms with van der Waals surface area (Å²) in [5.41, 5.74) is 8.05. The van der Waals surface area contributed by atoms with Crippen molar-refractivity contribution in [2.24, 2.45) is 0 Å². The number of carbonyl (C=O) groups is 2. The molecule has 0 spiro atoms. The van der Waals surface area contributed by atoms with E-state index in [1.54, 1.807) is 6.92 Å². The van der Waals surface area contributed by atoms with E-state index in [-0.39, 0.29) is 6.42 Å². The van der Waals surface area contributed by atoms with E-state index in [9.17, 15) is 14.7 Å². The van der Waals surface area contributed by atoms with Crippen LogP contribution in [-0.2, 0) is 16.0 Å². The maximum absolute atomic E-state index is 12.0. The third kappa shape index (κ3) is 7.78. The van der Waals surface area contributed by atoms with Gasteiger partial charge in [0.15, 0.2) is 0 Å². The van der Waals surface area contributed by atoms with Crippen molar-refractivity contribution in [1.29, 1.82) is 0 Å². The molecule has 4 aromatic rings. The molecule has 0 bridgehead atoms. The molecule has 0 aliphatic heterocycles. The quantitative estimate of drug-likeness (QED) is 0.113. The van der Waals surface area contributed by atoms with Gasteiger partial charge in [0.1, 0.15) is 30.8 Å². The van der Waals surface area contributed by atoms with Crippen LogP contribution in [0.15, 0.2) is 66.7 Å². The smallest absolute Gasteiger partial charge is 0.326 e. The summed E-state index contributed by atoms with van der Waals surface area (Å²) >= 11 is 0. The van der Waals surface area contributed by atoms with E-state index < -0.39 is 18.0 Å². The average molecular weight is 596 g/mol. The number of aromatic nitrogens is 1. The van der Waals surface area contributed by atoms with Gasteiger partial charge in [0.2, 0.25) is 0 Å². The Bertz CT molecular complexity index is 1670. The van der Waals surface area contributed by atoms with Gasteiger partial charge in [-0.25, -0.2) is 4.79 Å². The fourth-order valence-corrected chi connectivity index (χ4v) is 5.71. The van der Waals surface area contributed by atoms with Gasteiger partial charge < -0.3 is 24.3 Å². The number of rotatable bonds is 14. The van der Waals surface area contributed by atoms with Crippen molar-refractivity contribution in [1.82, 2.24) is 4.57 Å². The second-order valence-electron chi connectivity index (χ2n) is 11.2. The molecule has 0 fully saturated rings. The number of ether oxygens (including phenoxy) is 2. The minimum Gasteiger partial charge on any atom is -0.490 e. The SMILES string of the molecule is Cc1cc(C)c(OCC=CCOc2ccc(C=Cc3cccc4c(CCCC(=O)O)c(C)n(C(C)C(=O)O)c34)cc2)c(C)c1. The second kappa shape index (κ2) is 14.6. The highest BCUT2D eigenvalue weighted by molar-refractivity contribution is 5.95. The molecule has 2 N–H and O–H groups in total. The Labute approximate surface area is 259 Å². The van der Waals surface area contributed by atoms with E-state index in [4.69, 9.17) is 14.6 Å². The molecule has 1 heterocycles. The topological polar surface area (TPSA) is 98.0 Å². The van der Waals surface area contributed by atoms with Gasteiger partial charge in [-0.3, -0.25) is 4.79 Å². The zero-order valence-corrected chi connectivity index (χ0v) is 26.1. The van der Waals surface area contributed by atoms with Crippen molar-refractivity contribution in [2.75, 3.05) is 13.2 Å². The summed E-state index contributed by atoms with van der Waals surface area (Å²) in [5.74, 6) is -0.0755. The summed E-state index contributed by atoms with van der Waals surface area (Å²) in [6, 6.07) is 17.2. The Kier molecular flexibility index (Phi) is 10.7. The van der Waals surface area contributed by atoms with E-state index in [0.29, 0.717) is 26.1 Å². The Morgan fingerprint density at radius 3 is 2.18 bits per heavy atom. The van der Waals surface area contributed by atoms with Crippen molar-refractivity contribution in [3.05, 3.63) is 106 Å². The number of fused-ring (bicyclic) bond motifs is 1. The molecule has 44 heavy (non-hydrogen) atoms. The third-order valence-electron chi connectivity index (χ3n) is 7.77. The van der Waals surface area contributed by atoms with Crippen LogP contribution in [0, 0.1) is 27.7 Å². The van der Waals surface area contributed by atoms with Gasteiger partial charge >= 0.3 is 11.9 Å². The number of benzene rings is 3. The van der Waals surface area contributed by atoms with Crippen molar-refractivity contribution in [3.8, 4) is 11.5 Å². The lowest BCUT2D eigenvalue weighted by atomic mass is 10.0. The molecule has 7 nitrogen and oxygen atoms in total. The minimum atomic E-state index is -0.921. The van der Waals surface area contributed by atoms with Gasteiger partial charge in [-0.15, -0.1) is 0 Å². The Morgan fingerprint density at radius 1 is 0.886 bits per heavy atom. The summed E-state index contributed by atoms with van der Waals surface area (Å²) in [4.78, 5) is 23.1. The molecule has 4 rings (SSSR count). The Hall–Kier alpha value is -4.78. The van der Waals surface area contributed by atoms with Gasteiger partial charge in [-0.1, -0.05) is 60.2 Å². The number of hydrogen-bond donors (Lipinski definition) is 2. The van der Waals surface area contributed by atoms with Crippen LogP contribution in [0.4, 0.5) is 0 Å². The molecular weight excluding hydrogens is 554 g/mol. The first-order valence-electron chi connectivity index (χ1n) is 14.9. The van der Waals surface area contributed by atoms with Crippen LogP contribution in [0.2, 0.25) is 0 Å². The van der Waals surface area contributed by atoms with Crippen LogP contribution in [0.1, 0.15) is 64.9 Å². The standard InChI is InChI=1S/C37H41NO6/c1-24-22-25(2)36(26(3)23-24)44-21-7-6-20-43-31-18-15-29(16-19-31)14-17-30-10-8-12-33-32(11-9-13-34(39)40)27(4)38(35(30)33)28(5)37(41)42/h6-8,10,12,14-19,22-23,28H,9,11,13,20-21H2,1-5H3,(H,39,40)(H,41,42). The largest absolute Gasteiger partial charge is 0.490 e. The zero-order valence-electron chi connectivity index (χ0n) is 26.1. The summed E-state index contributed by atoms with van der Waals surface area (Å²) < 4.78 is 13.7. The molecule has 0 amide bonds. The summed E-state index contributed by atoms with van der Waals surface area (Å²) in [5, 5.41) is 19.9. The number of aliphatic carboxylic acids is 2. The van der Waals surface area contributed by atoms with Crippen LogP contribution < -0.4 is 9.47 Å². The molecule has 0 aliphatic carbocycles. The maximum atomic E-state index is 12.0. The highest BCUT2D eigenvalue weighted by atomic mass is 16.5. The predicted molar refractivity (Wildman–Crippen MR) is 176 cm³/mol. The second-order valence-corrected chi connectivity index (χ2v) is 11.2. The number of carboxylic acids is 2. The first-order chi connectivity index (χ1) is 21.1. The maximum Gasteiger partial charge on any atom is 0.326 e. The average Bonchev–Trinajstić information content (AvgIpc) is 3.26. The summed E-state index contributed by atoms with van der Waals surface area (Å²) in [6.45, 7) is 10.7. The van der Waals surface area contributed by atoms with Crippen LogP contribution in [0.5, 0.6) is 11.5 Å². The first-order valence-corrected chi connectivity index (χ1v) is 14.9. The van der Waals surface area contributed by atoms with E-state index in [0.717, 1.165) is 55.9 Å². The van der Waals surface area contributed by atoms with Crippen molar-refractivity contribution >= 4 is 35.0 Å². The van der Waals surface area contributed by atoms with Crippen molar-refractivity contribution < 1.29 is 29.3 Å². The fraction of sp³-hybridized carbons (Fsp3) is 0.297. The molecule has 0 saturated carbocycles. The zero-order chi connectivity index (χ0) is 31.8. The summed E-state index contributed by atoms with van der Waals surface area (Å²) in [7, 11) is 0. The molecule has 0 saturated heterocycles. The van der Waals surface area contributed by atoms with E-state index in [1.165, 1.54) is 5.56 Å². The lowest BCUT2D eigenvalue weighted by Crippen LogP contribution is -2.17. The van der Waals surface area contributed by atoms with E-state index in [2.05, 4.69) is 32.9 Å². The predicted octanol–water partition coefficient (Wildman–Crippen LogP) is 8.11. The molecule has 7 heteroatoms. The molecule has 1 unspecified atom stereocenters. The monoisotopic (exact) mass is 595 g/mol. The Morgan fingerprint density at radius 2 is 1.55 bits per heavy atom. The molecule has 0 radical (unpaired) electrons. The van der Waals surface area contributed by atoms with Crippen LogP contribution in [0.25, 0.3) is 23.1 Å². The molecule has 1 atom stereocenters. The van der Waals surface area contributed by atoms with E-state index in [1.807, 2.05) is 78.3 Å². The van der Waals surface area contributed by atoms with Crippen LogP contribution in [0.3, 0.4) is 0 Å². The number of carboxylic acid groups (broad SMARTS) is 2. The number of nitrogens with zero attached hydrogens (tertiary/aromatic N) is 1. The number of aryl methyl sites for hydroxylation is 4. The highest BCUT2D eigenvalue weighted by Gasteiger charge is 2.23. The normalized spacial score (nSPS) is 12.3. The van der Waals surface area contributed by atoms with Gasteiger partial charge in [0.05, 0.1) is 5.52 Å². The van der Waals surface area contributed by atoms with Gasteiger partial charge in [0.25, 0.3) is 0 Å². The van der Waals surface area contributed by atoms with Gasteiger partial charge in [-0.05, 0) is 99.6 Å². The minimum absolute atomic E-state index is 0.0675. The molecular formula is C37H41NO6.